The second-order valence-electron chi connectivity index (χ2n) is 5.86. The summed E-state index contributed by atoms with van der Waals surface area (Å²) in [7, 11) is 0. The molecule has 132 valence electrons. The van der Waals surface area contributed by atoms with Gasteiger partial charge in [0.2, 0.25) is 5.76 Å². The number of rotatable bonds is 4. The Morgan fingerprint density at radius 2 is 1.92 bits per heavy atom. The number of nitrogens with zero attached hydrogens (tertiary/aromatic N) is 1. The van der Waals surface area contributed by atoms with Crippen LogP contribution in [-0.2, 0) is 9.53 Å². The fraction of sp³-hybridized carbons (Fsp3) is 0.143. The van der Waals surface area contributed by atoms with Crippen LogP contribution in [0.5, 0.6) is 0 Å². The summed E-state index contributed by atoms with van der Waals surface area (Å²) >= 11 is 3.47. The van der Waals surface area contributed by atoms with E-state index in [0.29, 0.717) is 5.69 Å². The molecule has 1 N–H and O–H groups in total. The smallest absolute Gasteiger partial charge is 0.373 e. The molecule has 26 heavy (non-hydrogen) atoms. The quantitative estimate of drug-likeness (QED) is 0.353. The third-order valence-corrected chi connectivity index (χ3v) is 4.49. The minimum Gasteiger partial charge on any atom is -0.502 e. The van der Waals surface area contributed by atoms with Gasteiger partial charge in [0.25, 0.3) is 0 Å². The van der Waals surface area contributed by atoms with Gasteiger partial charge in [-0.05, 0) is 36.9 Å². The van der Waals surface area contributed by atoms with Gasteiger partial charge in [-0.2, -0.15) is 0 Å². The van der Waals surface area contributed by atoms with E-state index in [1.807, 2.05) is 25.1 Å². The SMILES string of the molecule is CCOC(=O)/C(O)=C/c1ncc(-c2ccc(C)cc2)c2ccc(Br)cc12. The van der Waals surface area contributed by atoms with Gasteiger partial charge in [0.15, 0.2) is 0 Å². The highest BCUT2D eigenvalue weighted by Gasteiger charge is 2.13. The standard InChI is InChI=1S/C21H18BrNO3/c1-3-26-21(25)20(24)11-19-17-10-15(22)8-9-16(17)18(12-23-19)14-6-4-13(2)5-7-14/h4-12,24H,3H2,1-2H3/b20-11-. The highest BCUT2D eigenvalue weighted by molar-refractivity contribution is 9.10. The molecule has 0 fully saturated rings. The van der Waals surface area contributed by atoms with E-state index in [2.05, 4.69) is 45.2 Å². The van der Waals surface area contributed by atoms with Gasteiger partial charge < -0.3 is 9.84 Å². The van der Waals surface area contributed by atoms with Crippen LogP contribution >= 0.6 is 15.9 Å². The number of esters is 1. The lowest BCUT2D eigenvalue weighted by Crippen LogP contribution is -2.07. The van der Waals surface area contributed by atoms with Crippen LogP contribution in [0.3, 0.4) is 0 Å². The van der Waals surface area contributed by atoms with Crippen molar-refractivity contribution >= 4 is 38.7 Å². The highest BCUT2D eigenvalue weighted by atomic mass is 79.9. The molecule has 3 rings (SSSR count). The summed E-state index contributed by atoms with van der Waals surface area (Å²) in [6.07, 6.45) is 3.09. The van der Waals surface area contributed by atoms with Crippen molar-refractivity contribution in [3.05, 3.63) is 70.2 Å². The van der Waals surface area contributed by atoms with E-state index in [1.54, 1.807) is 13.1 Å². The molecule has 0 saturated heterocycles. The molecule has 1 aromatic heterocycles. The summed E-state index contributed by atoms with van der Waals surface area (Å²) in [5, 5.41) is 11.8. The molecule has 0 spiro atoms. The molecule has 0 atom stereocenters. The Morgan fingerprint density at radius 3 is 2.62 bits per heavy atom. The number of fused-ring (bicyclic) bond motifs is 1. The molecule has 0 amide bonds. The maximum absolute atomic E-state index is 11.7. The zero-order valence-electron chi connectivity index (χ0n) is 14.5. The van der Waals surface area contributed by atoms with Crippen LogP contribution in [0.15, 0.2) is 58.9 Å². The average molecular weight is 412 g/mol. The zero-order chi connectivity index (χ0) is 18.7. The van der Waals surface area contributed by atoms with E-state index < -0.39 is 11.7 Å². The van der Waals surface area contributed by atoms with Gasteiger partial charge in [-0.15, -0.1) is 0 Å². The Kier molecular flexibility index (Phi) is 5.38. The van der Waals surface area contributed by atoms with E-state index in [0.717, 1.165) is 26.4 Å². The normalized spacial score (nSPS) is 11.6. The van der Waals surface area contributed by atoms with Gasteiger partial charge in [-0.1, -0.05) is 51.8 Å². The largest absolute Gasteiger partial charge is 0.502 e. The van der Waals surface area contributed by atoms with Crippen LogP contribution in [0.1, 0.15) is 18.2 Å². The van der Waals surface area contributed by atoms with E-state index in [4.69, 9.17) is 4.74 Å². The third kappa shape index (κ3) is 3.78. The molecular weight excluding hydrogens is 394 g/mol. The molecule has 0 aliphatic rings. The first kappa shape index (κ1) is 18.1. The first-order valence-electron chi connectivity index (χ1n) is 8.22. The number of aromatic nitrogens is 1. The number of carbonyl (C=O) groups is 1. The van der Waals surface area contributed by atoms with Gasteiger partial charge in [-0.3, -0.25) is 4.98 Å². The summed E-state index contributed by atoms with van der Waals surface area (Å²) in [5.74, 6) is -1.23. The Hall–Kier alpha value is -2.66. The van der Waals surface area contributed by atoms with Crippen LogP contribution in [0.4, 0.5) is 0 Å². The van der Waals surface area contributed by atoms with E-state index in [9.17, 15) is 9.90 Å². The van der Waals surface area contributed by atoms with Crippen molar-refractivity contribution in [3.8, 4) is 11.1 Å². The molecule has 2 aromatic carbocycles. The van der Waals surface area contributed by atoms with Crippen molar-refractivity contribution < 1.29 is 14.6 Å². The molecular formula is C21H18BrNO3. The number of ether oxygens (including phenoxy) is 1. The number of hydrogen-bond donors (Lipinski definition) is 1. The summed E-state index contributed by atoms with van der Waals surface area (Å²) in [6.45, 7) is 3.93. The van der Waals surface area contributed by atoms with Crippen molar-refractivity contribution in [3.63, 3.8) is 0 Å². The number of hydrogen-bond acceptors (Lipinski definition) is 4. The van der Waals surface area contributed by atoms with Crippen LogP contribution < -0.4 is 0 Å². The minimum absolute atomic E-state index is 0.197. The summed E-state index contributed by atoms with van der Waals surface area (Å²) in [5.41, 5.74) is 3.73. The first-order valence-corrected chi connectivity index (χ1v) is 9.02. The fourth-order valence-corrected chi connectivity index (χ4v) is 3.07. The number of carbonyl (C=O) groups excluding carboxylic acids is 1. The predicted octanol–water partition coefficient (Wildman–Crippen LogP) is 5.43. The number of benzene rings is 2. The highest BCUT2D eigenvalue weighted by Crippen LogP contribution is 2.32. The molecule has 0 aliphatic carbocycles. The van der Waals surface area contributed by atoms with Gasteiger partial charge in [0, 0.05) is 27.7 Å². The van der Waals surface area contributed by atoms with Crippen LogP contribution in [0.25, 0.3) is 28.0 Å². The Morgan fingerprint density at radius 1 is 1.19 bits per heavy atom. The number of pyridine rings is 1. The lowest BCUT2D eigenvalue weighted by molar-refractivity contribution is -0.141. The number of halogens is 1. The van der Waals surface area contributed by atoms with Crippen molar-refractivity contribution in [2.75, 3.05) is 6.61 Å². The van der Waals surface area contributed by atoms with Crippen LogP contribution in [0.2, 0.25) is 0 Å². The monoisotopic (exact) mass is 411 g/mol. The number of aryl methyl sites for hydroxylation is 1. The summed E-state index contributed by atoms with van der Waals surface area (Å²) in [4.78, 5) is 16.2. The van der Waals surface area contributed by atoms with E-state index >= 15 is 0 Å². The molecule has 5 heteroatoms. The van der Waals surface area contributed by atoms with E-state index in [-0.39, 0.29) is 6.61 Å². The Labute approximate surface area is 160 Å². The lowest BCUT2D eigenvalue weighted by Gasteiger charge is -2.10. The lowest BCUT2D eigenvalue weighted by atomic mass is 9.98. The van der Waals surface area contributed by atoms with Gasteiger partial charge in [-0.25, -0.2) is 4.79 Å². The first-order chi connectivity index (χ1) is 12.5. The van der Waals surface area contributed by atoms with Gasteiger partial charge >= 0.3 is 5.97 Å². The van der Waals surface area contributed by atoms with Crippen LogP contribution in [0, 0.1) is 6.92 Å². The van der Waals surface area contributed by atoms with Crippen molar-refractivity contribution in [2.24, 2.45) is 0 Å². The van der Waals surface area contributed by atoms with Gasteiger partial charge in [0.1, 0.15) is 0 Å². The van der Waals surface area contributed by atoms with Crippen molar-refractivity contribution in [1.29, 1.82) is 0 Å². The minimum atomic E-state index is -0.764. The van der Waals surface area contributed by atoms with Crippen molar-refractivity contribution in [1.82, 2.24) is 4.98 Å². The fourth-order valence-electron chi connectivity index (χ4n) is 2.71. The maximum atomic E-state index is 11.7. The van der Waals surface area contributed by atoms with E-state index in [1.165, 1.54) is 11.6 Å². The second kappa shape index (κ2) is 7.70. The molecule has 0 radical (unpaired) electrons. The topological polar surface area (TPSA) is 59.4 Å². The third-order valence-electron chi connectivity index (χ3n) is 4.00. The molecule has 3 aromatic rings. The number of aliphatic hydroxyl groups is 1. The average Bonchev–Trinajstić information content (AvgIpc) is 2.63. The maximum Gasteiger partial charge on any atom is 0.373 e. The van der Waals surface area contributed by atoms with Gasteiger partial charge in [0.05, 0.1) is 12.3 Å². The summed E-state index contributed by atoms with van der Waals surface area (Å²) in [6, 6.07) is 14.1. The molecule has 0 unspecified atom stereocenters. The molecule has 0 saturated carbocycles. The molecule has 0 bridgehead atoms. The number of aliphatic hydroxyl groups excluding tert-OH is 1. The Bertz CT molecular complexity index is 994. The van der Waals surface area contributed by atoms with Crippen LogP contribution in [-0.4, -0.2) is 22.7 Å². The summed E-state index contributed by atoms with van der Waals surface area (Å²) < 4.78 is 5.71. The zero-order valence-corrected chi connectivity index (χ0v) is 16.1. The predicted molar refractivity (Wildman–Crippen MR) is 107 cm³/mol. The Balaban J connectivity index is 2.17. The van der Waals surface area contributed by atoms with Crippen molar-refractivity contribution in [2.45, 2.75) is 13.8 Å². The molecule has 0 aliphatic heterocycles. The molecule has 1 heterocycles. The molecule has 4 nitrogen and oxygen atoms in total. The second-order valence-corrected chi connectivity index (χ2v) is 6.78.